The predicted octanol–water partition coefficient (Wildman–Crippen LogP) is 2.10. The van der Waals surface area contributed by atoms with E-state index in [-0.39, 0.29) is 17.7 Å². The van der Waals surface area contributed by atoms with E-state index >= 15 is 0 Å². The molecule has 2 N–H and O–H groups in total. The third kappa shape index (κ3) is 2.65. The maximum Gasteiger partial charge on any atom is 0.414 e. The lowest BCUT2D eigenvalue weighted by Crippen LogP contribution is -2.36. The first-order valence-corrected chi connectivity index (χ1v) is 8.31. The van der Waals surface area contributed by atoms with Gasteiger partial charge in [0.05, 0.1) is 18.4 Å². The van der Waals surface area contributed by atoms with Crippen LogP contribution >= 0.6 is 0 Å². The van der Waals surface area contributed by atoms with Crippen molar-refractivity contribution in [3.05, 3.63) is 36.4 Å². The lowest BCUT2D eigenvalue weighted by atomic mass is 9.82. The topological polar surface area (TPSA) is 95.9 Å². The number of carboxylic acids is 1. The zero-order valence-electron chi connectivity index (χ0n) is 13.4. The molecule has 3 aliphatic rings. The summed E-state index contributed by atoms with van der Waals surface area (Å²) in [5.41, 5.74) is 1.18. The third-order valence-electron chi connectivity index (χ3n) is 5.23. The van der Waals surface area contributed by atoms with Gasteiger partial charge in [-0.1, -0.05) is 18.2 Å². The summed E-state index contributed by atoms with van der Waals surface area (Å²) in [7, 11) is 0. The number of anilines is 2. The molecule has 0 aromatic heterocycles. The van der Waals surface area contributed by atoms with Crippen molar-refractivity contribution in [2.75, 3.05) is 23.4 Å². The van der Waals surface area contributed by atoms with Gasteiger partial charge in [-0.2, -0.15) is 0 Å². The van der Waals surface area contributed by atoms with Crippen LogP contribution < -0.4 is 10.2 Å². The van der Waals surface area contributed by atoms with Crippen molar-refractivity contribution in [1.82, 2.24) is 0 Å². The van der Waals surface area contributed by atoms with Crippen LogP contribution in [0.25, 0.3) is 0 Å². The number of carboxylic acid groups (broad SMARTS) is 1. The molecule has 0 radical (unpaired) electrons. The number of fused-ring (bicyclic) bond motifs is 2. The number of cyclic esters (lactones) is 1. The molecule has 1 aliphatic heterocycles. The van der Waals surface area contributed by atoms with Crippen molar-refractivity contribution < 1.29 is 24.2 Å². The Bertz CT molecular complexity index is 774. The highest BCUT2D eigenvalue weighted by molar-refractivity contribution is 5.97. The number of carbonyl (C=O) groups is 3. The van der Waals surface area contributed by atoms with Crippen LogP contribution in [0.4, 0.5) is 16.2 Å². The third-order valence-corrected chi connectivity index (χ3v) is 5.23. The summed E-state index contributed by atoms with van der Waals surface area (Å²) >= 11 is 0. The molecule has 1 aromatic rings. The van der Waals surface area contributed by atoms with Gasteiger partial charge in [0, 0.05) is 11.4 Å². The van der Waals surface area contributed by atoms with E-state index in [1.54, 1.807) is 24.3 Å². The fraction of sp³-hybridized carbons (Fsp3) is 0.389. The summed E-state index contributed by atoms with van der Waals surface area (Å²) in [6.45, 7) is 0.807. The van der Waals surface area contributed by atoms with Gasteiger partial charge in [-0.05, 0) is 36.5 Å². The molecule has 2 aliphatic carbocycles. The van der Waals surface area contributed by atoms with Crippen LogP contribution in [0.5, 0.6) is 0 Å². The lowest BCUT2D eigenvalue weighted by Gasteiger charge is -2.24. The van der Waals surface area contributed by atoms with Crippen molar-refractivity contribution >= 4 is 29.3 Å². The zero-order valence-corrected chi connectivity index (χ0v) is 13.4. The highest BCUT2D eigenvalue weighted by Gasteiger charge is 2.51. The molecule has 7 heteroatoms. The molecule has 1 saturated carbocycles. The number of benzene rings is 1. The van der Waals surface area contributed by atoms with E-state index in [0.717, 1.165) is 0 Å². The normalized spacial score (nSPS) is 29.8. The molecule has 2 fully saturated rings. The molecular formula is C18H18N2O5. The molecule has 4 atom stereocenters. The maximum atomic E-state index is 12.7. The monoisotopic (exact) mass is 342 g/mol. The molecular weight excluding hydrogens is 324 g/mol. The van der Waals surface area contributed by atoms with E-state index in [4.69, 9.17) is 4.74 Å². The highest BCUT2D eigenvalue weighted by atomic mass is 16.6. The minimum atomic E-state index is -0.925. The number of hydrogen-bond donors (Lipinski definition) is 2. The smallest absolute Gasteiger partial charge is 0.414 e. The SMILES string of the molecule is O=C(O)[C@@H]1[C@H](C(=O)Nc2cccc(N3CCOC3=O)c2)[C@H]2C=C[C@H]1C2. The predicted molar refractivity (Wildman–Crippen MR) is 89.1 cm³/mol. The van der Waals surface area contributed by atoms with E-state index < -0.39 is 23.9 Å². The molecule has 130 valence electrons. The second-order valence-corrected chi connectivity index (χ2v) is 6.64. The van der Waals surface area contributed by atoms with Gasteiger partial charge in [0.2, 0.25) is 5.91 Å². The number of carbonyl (C=O) groups excluding carboxylic acids is 2. The Hall–Kier alpha value is -2.83. The Labute approximate surface area is 144 Å². The number of nitrogens with one attached hydrogen (secondary N) is 1. The minimum Gasteiger partial charge on any atom is -0.481 e. The molecule has 25 heavy (non-hydrogen) atoms. The molecule has 0 unspecified atom stereocenters. The van der Waals surface area contributed by atoms with E-state index in [2.05, 4.69) is 5.32 Å². The van der Waals surface area contributed by atoms with Crippen LogP contribution in [-0.4, -0.2) is 36.2 Å². The quantitative estimate of drug-likeness (QED) is 0.817. The molecule has 0 spiro atoms. The molecule has 4 rings (SSSR count). The largest absolute Gasteiger partial charge is 0.481 e. The number of hydrogen-bond acceptors (Lipinski definition) is 4. The van der Waals surface area contributed by atoms with Crippen LogP contribution in [0.1, 0.15) is 6.42 Å². The van der Waals surface area contributed by atoms with Crippen LogP contribution in [0.3, 0.4) is 0 Å². The van der Waals surface area contributed by atoms with Gasteiger partial charge in [0.1, 0.15) is 6.61 Å². The van der Waals surface area contributed by atoms with Crippen molar-refractivity contribution in [3.8, 4) is 0 Å². The van der Waals surface area contributed by atoms with Gasteiger partial charge >= 0.3 is 12.1 Å². The van der Waals surface area contributed by atoms with Crippen LogP contribution in [-0.2, 0) is 14.3 Å². The second kappa shape index (κ2) is 5.91. The Morgan fingerprint density at radius 2 is 1.96 bits per heavy atom. The lowest BCUT2D eigenvalue weighted by molar-refractivity contribution is -0.146. The summed E-state index contributed by atoms with van der Waals surface area (Å²) in [4.78, 5) is 37.4. The molecule has 1 aromatic carbocycles. The standard InChI is InChI=1S/C18H18N2O5/c21-16(14-10-4-5-11(8-10)15(14)17(22)23)19-12-2-1-3-13(9-12)20-6-7-25-18(20)24/h1-5,9-11,14-15H,6-8H2,(H,19,21)(H,22,23)/t10-,11-,14+,15-/m0/s1. The molecule has 2 bridgehead atoms. The number of ether oxygens (including phenoxy) is 1. The Morgan fingerprint density at radius 1 is 1.20 bits per heavy atom. The summed E-state index contributed by atoms with van der Waals surface area (Å²) in [6, 6.07) is 6.93. The van der Waals surface area contributed by atoms with E-state index in [0.29, 0.717) is 30.9 Å². The van der Waals surface area contributed by atoms with E-state index in [1.165, 1.54) is 4.90 Å². The average molecular weight is 342 g/mol. The van der Waals surface area contributed by atoms with Gasteiger partial charge in [0.15, 0.2) is 0 Å². The Morgan fingerprint density at radius 3 is 2.64 bits per heavy atom. The van der Waals surface area contributed by atoms with Crippen molar-refractivity contribution in [3.63, 3.8) is 0 Å². The van der Waals surface area contributed by atoms with Gasteiger partial charge in [-0.15, -0.1) is 0 Å². The molecule has 7 nitrogen and oxygen atoms in total. The van der Waals surface area contributed by atoms with Crippen molar-refractivity contribution in [2.24, 2.45) is 23.7 Å². The summed E-state index contributed by atoms with van der Waals surface area (Å²) in [6.07, 6.45) is 4.17. The first-order chi connectivity index (χ1) is 12.0. The molecule has 2 amide bonds. The number of allylic oxidation sites excluding steroid dienone is 2. The van der Waals surface area contributed by atoms with Crippen LogP contribution in [0.2, 0.25) is 0 Å². The highest BCUT2D eigenvalue weighted by Crippen LogP contribution is 2.48. The fourth-order valence-electron chi connectivity index (χ4n) is 4.12. The number of amides is 2. The first kappa shape index (κ1) is 15.7. The molecule has 1 heterocycles. The number of nitrogens with zero attached hydrogens (tertiary/aromatic N) is 1. The first-order valence-electron chi connectivity index (χ1n) is 8.31. The minimum absolute atomic E-state index is 0.0251. The van der Waals surface area contributed by atoms with Crippen LogP contribution in [0, 0.1) is 23.7 Å². The van der Waals surface area contributed by atoms with Crippen LogP contribution in [0.15, 0.2) is 36.4 Å². The summed E-state index contributed by atoms with van der Waals surface area (Å²) < 4.78 is 4.92. The summed E-state index contributed by atoms with van der Waals surface area (Å²) in [5.74, 6) is -2.54. The van der Waals surface area contributed by atoms with Gasteiger partial charge in [-0.25, -0.2) is 4.79 Å². The number of rotatable bonds is 4. The van der Waals surface area contributed by atoms with Gasteiger partial charge in [0.25, 0.3) is 0 Å². The Kier molecular flexibility index (Phi) is 3.71. The Balaban J connectivity index is 1.52. The fourth-order valence-corrected chi connectivity index (χ4v) is 4.12. The zero-order chi connectivity index (χ0) is 17.6. The van der Waals surface area contributed by atoms with Gasteiger partial charge < -0.3 is 15.2 Å². The average Bonchev–Trinajstić information content (AvgIpc) is 3.29. The summed E-state index contributed by atoms with van der Waals surface area (Å²) in [5, 5.41) is 12.3. The number of aliphatic carboxylic acids is 1. The van der Waals surface area contributed by atoms with E-state index in [1.807, 2.05) is 12.2 Å². The molecule has 1 saturated heterocycles. The van der Waals surface area contributed by atoms with Gasteiger partial charge in [-0.3, -0.25) is 14.5 Å². The van der Waals surface area contributed by atoms with Crippen molar-refractivity contribution in [2.45, 2.75) is 6.42 Å². The maximum absolute atomic E-state index is 12.7. The second-order valence-electron chi connectivity index (χ2n) is 6.64. The van der Waals surface area contributed by atoms with Crippen molar-refractivity contribution in [1.29, 1.82) is 0 Å². The van der Waals surface area contributed by atoms with E-state index in [9.17, 15) is 19.5 Å².